The van der Waals surface area contributed by atoms with Crippen LogP contribution in [0, 0.1) is 11.7 Å². The highest BCUT2D eigenvalue weighted by molar-refractivity contribution is 5.78. The van der Waals surface area contributed by atoms with Crippen LogP contribution < -0.4 is 10.6 Å². The van der Waals surface area contributed by atoms with Gasteiger partial charge in [-0.2, -0.15) is 0 Å². The summed E-state index contributed by atoms with van der Waals surface area (Å²) in [6, 6.07) is 6.07. The van der Waals surface area contributed by atoms with E-state index in [9.17, 15) is 9.18 Å². The van der Waals surface area contributed by atoms with Gasteiger partial charge in [-0.25, -0.2) is 4.39 Å². The molecule has 0 aromatic heterocycles. The van der Waals surface area contributed by atoms with Gasteiger partial charge >= 0.3 is 0 Å². The van der Waals surface area contributed by atoms with Gasteiger partial charge in [-0.1, -0.05) is 12.1 Å². The van der Waals surface area contributed by atoms with Gasteiger partial charge in [0.2, 0.25) is 5.91 Å². The van der Waals surface area contributed by atoms with Gasteiger partial charge in [-0.3, -0.25) is 4.79 Å². The lowest BCUT2D eigenvalue weighted by Gasteiger charge is -2.22. The van der Waals surface area contributed by atoms with E-state index in [0.29, 0.717) is 12.3 Å². The number of nitrogens with one attached hydrogen (secondary N) is 2. The Labute approximate surface area is 107 Å². The Morgan fingerprint density at radius 1 is 1.28 bits per heavy atom. The first-order chi connectivity index (χ1) is 8.74. The Morgan fingerprint density at radius 3 is 2.61 bits per heavy atom. The Morgan fingerprint density at radius 2 is 1.94 bits per heavy atom. The van der Waals surface area contributed by atoms with E-state index in [2.05, 4.69) is 10.6 Å². The van der Waals surface area contributed by atoms with Gasteiger partial charge in [0.1, 0.15) is 5.82 Å². The third kappa shape index (κ3) is 4.11. The Kier molecular flexibility index (Phi) is 4.70. The van der Waals surface area contributed by atoms with Crippen molar-refractivity contribution in [2.45, 2.75) is 19.3 Å². The van der Waals surface area contributed by atoms with E-state index in [1.54, 1.807) is 12.1 Å². The largest absolute Gasteiger partial charge is 0.356 e. The highest BCUT2D eigenvalue weighted by atomic mass is 19.1. The number of amides is 1. The number of hydrogen-bond acceptors (Lipinski definition) is 2. The second-order valence-corrected chi connectivity index (χ2v) is 4.80. The number of carbonyl (C=O) groups excluding carboxylic acids is 1. The van der Waals surface area contributed by atoms with Crippen molar-refractivity contribution >= 4 is 5.91 Å². The van der Waals surface area contributed by atoms with Crippen LogP contribution in [0.15, 0.2) is 24.3 Å². The summed E-state index contributed by atoms with van der Waals surface area (Å²) in [7, 11) is 0. The fourth-order valence-corrected chi connectivity index (χ4v) is 2.19. The molecule has 1 aromatic rings. The number of hydrogen-bond donors (Lipinski definition) is 2. The van der Waals surface area contributed by atoms with Gasteiger partial charge < -0.3 is 10.6 Å². The monoisotopic (exact) mass is 250 g/mol. The van der Waals surface area contributed by atoms with Crippen LogP contribution in [0.25, 0.3) is 0 Å². The average Bonchev–Trinajstić information content (AvgIpc) is 2.40. The number of rotatable bonds is 4. The standard InChI is InChI=1S/C14H19FN2O/c15-13-3-1-11(2-4-13)9-14(18)17-10-12-5-7-16-8-6-12/h1-4,12,16H,5-10H2,(H,17,18). The minimum atomic E-state index is -0.270. The summed E-state index contributed by atoms with van der Waals surface area (Å²) in [4.78, 5) is 11.7. The average molecular weight is 250 g/mol. The molecule has 98 valence electrons. The number of halogens is 1. The molecule has 0 radical (unpaired) electrons. The predicted molar refractivity (Wildman–Crippen MR) is 68.7 cm³/mol. The maximum atomic E-state index is 12.7. The molecule has 0 atom stereocenters. The highest BCUT2D eigenvalue weighted by Gasteiger charge is 2.13. The molecule has 3 nitrogen and oxygen atoms in total. The lowest BCUT2D eigenvalue weighted by atomic mass is 9.98. The first-order valence-electron chi connectivity index (χ1n) is 6.46. The van der Waals surface area contributed by atoms with Crippen molar-refractivity contribution in [3.8, 4) is 0 Å². The van der Waals surface area contributed by atoms with E-state index in [0.717, 1.165) is 38.0 Å². The van der Waals surface area contributed by atoms with Crippen LogP contribution in [0.4, 0.5) is 4.39 Å². The molecule has 0 saturated carbocycles. The van der Waals surface area contributed by atoms with E-state index >= 15 is 0 Å². The maximum absolute atomic E-state index is 12.7. The molecule has 0 unspecified atom stereocenters. The molecule has 1 aliphatic rings. The van der Waals surface area contributed by atoms with Crippen molar-refractivity contribution < 1.29 is 9.18 Å². The fraction of sp³-hybridized carbons (Fsp3) is 0.500. The van der Waals surface area contributed by atoms with Crippen LogP contribution in [0.2, 0.25) is 0 Å². The molecular weight excluding hydrogens is 231 g/mol. The second-order valence-electron chi connectivity index (χ2n) is 4.80. The molecule has 0 aliphatic carbocycles. The van der Waals surface area contributed by atoms with Crippen molar-refractivity contribution in [1.29, 1.82) is 0 Å². The number of carbonyl (C=O) groups is 1. The van der Waals surface area contributed by atoms with Crippen LogP contribution in [0.3, 0.4) is 0 Å². The van der Waals surface area contributed by atoms with E-state index in [-0.39, 0.29) is 11.7 Å². The van der Waals surface area contributed by atoms with Crippen molar-refractivity contribution in [1.82, 2.24) is 10.6 Å². The molecule has 2 N–H and O–H groups in total. The molecular formula is C14H19FN2O. The molecule has 1 heterocycles. The summed E-state index contributed by atoms with van der Waals surface area (Å²) in [5.41, 5.74) is 0.846. The molecule has 0 spiro atoms. The molecule has 2 rings (SSSR count). The van der Waals surface area contributed by atoms with Crippen LogP contribution in [-0.2, 0) is 11.2 Å². The quantitative estimate of drug-likeness (QED) is 0.850. The van der Waals surface area contributed by atoms with E-state index in [4.69, 9.17) is 0 Å². The van der Waals surface area contributed by atoms with Crippen molar-refractivity contribution in [3.05, 3.63) is 35.6 Å². The van der Waals surface area contributed by atoms with E-state index in [1.165, 1.54) is 12.1 Å². The summed E-state index contributed by atoms with van der Waals surface area (Å²) >= 11 is 0. The topological polar surface area (TPSA) is 41.1 Å². The second kappa shape index (κ2) is 6.50. The van der Waals surface area contributed by atoms with Gasteiger partial charge in [0.25, 0.3) is 0 Å². The Balaban J connectivity index is 1.73. The molecule has 1 aliphatic heterocycles. The van der Waals surface area contributed by atoms with Crippen LogP contribution in [0.5, 0.6) is 0 Å². The van der Waals surface area contributed by atoms with Gasteiger partial charge in [0, 0.05) is 6.54 Å². The summed E-state index contributed by atoms with van der Waals surface area (Å²) < 4.78 is 12.7. The summed E-state index contributed by atoms with van der Waals surface area (Å²) in [5, 5.41) is 6.25. The van der Waals surface area contributed by atoms with Gasteiger partial charge in [-0.15, -0.1) is 0 Å². The minimum Gasteiger partial charge on any atom is -0.356 e. The molecule has 4 heteroatoms. The number of piperidine rings is 1. The zero-order valence-electron chi connectivity index (χ0n) is 10.4. The summed E-state index contributed by atoms with van der Waals surface area (Å²) in [6.07, 6.45) is 2.57. The van der Waals surface area contributed by atoms with Crippen LogP contribution in [0.1, 0.15) is 18.4 Å². The minimum absolute atomic E-state index is 0.0140. The normalized spacial score (nSPS) is 16.5. The number of benzene rings is 1. The zero-order chi connectivity index (χ0) is 12.8. The lowest BCUT2D eigenvalue weighted by molar-refractivity contribution is -0.120. The smallest absolute Gasteiger partial charge is 0.224 e. The molecule has 1 saturated heterocycles. The first-order valence-corrected chi connectivity index (χ1v) is 6.46. The van der Waals surface area contributed by atoms with Crippen molar-refractivity contribution in [2.75, 3.05) is 19.6 Å². The zero-order valence-corrected chi connectivity index (χ0v) is 10.4. The molecule has 1 fully saturated rings. The molecule has 1 amide bonds. The van der Waals surface area contributed by atoms with Crippen molar-refractivity contribution in [2.24, 2.45) is 5.92 Å². The van der Waals surface area contributed by atoms with E-state index in [1.807, 2.05) is 0 Å². The first kappa shape index (κ1) is 13.0. The molecule has 1 aromatic carbocycles. The fourth-order valence-electron chi connectivity index (χ4n) is 2.19. The third-order valence-electron chi connectivity index (χ3n) is 3.32. The Hall–Kier alpha value is -1.42. The maximum Gasteiger partial charge on any atom is 0.224 e. The van der Waals surface area contributed by atoms with Gasteiger partial charge in [0.05, 0.1) is 6.42 Å². The van der Waals surface area contributed by atoms with Crippen LogP contribution >= 0.6 is 0 Å². The summed E-state index contributed by atoms with van der Waals surface area (Å²) in [6.45, 7) is 2.83. The predicted octanol–water partition coefficient (Wildman–Crippen LogP) is 1.48. The van der Waals surface area contributed by atoms with Crippen LogP contribution in [-0.4, -0.2) is 25.5 Å². The lowest BCUT2D eigenvalue weighted by Crippen LogP contribution is -2.36. The van der Waals surface area contributed by atoms with Gasteiger partial charge in [0.15, 0.2) is 0 Å². The Bertz CT molecular complexity index is 385. The van der Waals surface area contributed by atoms with Gasteiger partial charge in [-0.05, 0) is 49.5 Å². The SMILES string of the molecule is O=C(Cc1ccc(F)cc1)NCC1CCNCC1. The molecule has 18 heavy (non-hydrogen) atoms. The molecule has 0 bridgehead atoms. The third-order valence-corrected chi connectivity index (χ3v) is 3.32. The van der Waals surface area contributed by atoms with E-state index < -0.39 is 0 Å². The summed E-state index contributed by atoms with van der Waals surface area (Å²) in [5.74, 6) is 0.331. The highest BCUT2D eigenvalue weighted by Crippen LogP contribution is 2.10. The van der Waals surface area contributed by atoms with Crippen molar-refractivity contribution in [3.63, 3.8) is 0 Å².